The van der Waals surface area contributed by atoms with Gasteiger partial charge in [-0.05, 0) is 12.8 Å². The molecule has 0 spiro atoms. The Morgan fingerprint density at radius 1 is 1.32 bits per heavy atom. The summed E-state index contributed by atoms with van der Waals surface area (Å²) in [5.41, 5.74) is -1.39. The first-order valence-corrected chi connectivity index (χ1v) is 6.11. The van der Waals surface area contributed by atoms with Crippen LogP contribution in [0.1, 0.15) is 24.8 Å². The average molecular weight is 268 g/mol. The predicted octanol–water partition coefficient (Wildman–Crippen LogP) is 1.81. The fourth-order valence-corrected chi connectivity index (χ4v) is 2.68. The second-order valence-corrected chi connectivity index (χ2v) is 4.85. The number of benzene rings is 1. The van der Waals surface area contributed by atoms with Crippen LogP contribution >= 0.6 is 0 Å². The molecule has 102 valence electrons. The number of rotatable bonds is 2. The van der Waals surface area contributed by atoms with Crippen LogP contribution in [0.2, 0.25) is 0 Å². The topological polar surface area (TPSA) is 76.0 Å². The Kier molecular flexibility index (Phi) is 2.55. The van der Waals surface area contributed by atoms with Gasteiger partial charge in [0, 0.05) is 6.07 Å². The maximum absolute atomic E-state index is 14.2. The van der Waals surface area contributed by atoms with E-state index in [1.54, 1.807) is 0 Å². The molecule has 19 heavy (non-hydrogen) atoms. The molecule has 0 saturated heterocycles. The number of carboxylic acid groups (broad SMARTS) is 1. The first-order chi connectivity index (χ1) is 9.06. The molecule has 0 bridgehead atoms. The number of carbonyl (C=O) groups is 1. The Labute approximate surface area is 108 Å². The zero-order valence-electron chi connectivity index (χ0n) is 10.1. The molecule has 0 atom stereocenters. The van der Waals surface area contributed by atoms with Crippen LogP contribution < -0.4 is 9.47 Å². The molecule has 1 aliphatic heterocycles. The van der Waals surface area contributed by atoms with Crippen molar-refractivity contribution in [2.24, 2.45) is 0 Å². The number of phenols is 1. The number of hydrogen-bond acceptors (Lipinski definition) is 4. The van der Waals surface area contributed by atoms with Crippen LogP contribution in [0.3, 0.4) is 0 Å². The standard InChI is InChI=1S/C13H13FO5/c14-10-7(15)6-8-11(19-5-4-18-8)9(10)13(12(16)17)2-1-3-13/h6,15H,1-5H2,(H,16,17). The number of aromatic hydroxyl groups is 1. The van der Waals surface area contributed by atoms with Crippen molar-refractivity contribution in [3.63, 3.8) is 0 Å². The quantitative estimate of drug-likeness (QED) is 0.855. The lowest BCUT2D eigenvalue weighted by atomic mass is 9.64. The molecule has 0 radical (unpaired) electrons. The molecule has 3 rings (SSSR count). The zero-order valence-corrected chi connectivity index (χ0v) is 10.1. The van der Waals surface area contributed by atoms with Gasteiger partial charge in [-0.2, -0.15) is 0 Å². The van der Waals surface area contributed by atoms with Crippen LogP contribution in [0.4, 0.5) is 4.39 Å². The van der Waals surface area contributed by atoms with Crippen LogP contribution in [0.15, 0.2) is 6.07 Å². The third kappa shape index (κ3) is 1.55. The highest BCUT2D eigenvalue weighted by Gasteiger charge is 2.51. The van der Waals surface area contributed by atoms with Crippen molar-refractivity contribution < 1.29 is 28.9 Å². The van der Waals surface area contributed by atoms with Gasteiger partial charge in [-0.25, -0.2) is 4.39 Å². The number of halogens is 1. The Bertz CT molecular complexity index is 550. The highest BCUT2D eigenvalue weighted by molar-refractivity contribution is 5.84. The molecule has 1 aromatic carbocycles. The van der Waals surface area contributed by atoms with Crippen molar-refractivity contribution in [1.82, 2.24) is 0 Å². The molecule has 1 heterocycles. The molecule has 0 aromatic heterocycles. The van der Waals surface area contributed by atoms with Crippen molar-refractivity contribution in [2.75, 3.05) is 13.2 Å². The van der Waals surface area contributed by atoms with Crippen LogP contribution in [-0.2, 0) is 10.2 Å². The molecule has 0 amide bonds. The lowest BCUT2D eigenvalue weighted by Crippen LogP contribution is -2.43. The van der Waals surface area contributed by atoms with Gasteiger partial charge in [0.25, 0.3) is 0 Å². The van der Waals surface area contributed by atoms with Gasteiger partial charge in [-0.1, -0.05) is 6.42 Å². The van der Waals surface area contributed by atoms with Crippen LogP contribution in [0.25, 0.3) is 0 Å². The fourth-order valence-electron chi connectivity index (χ4n) is 2.68. The Morgan fingerprint density at radius 2 is 2.00 bits per heavy atom. The van der Waals surface area contributed by atoms with E-state index in [0.717, 1.165) is 6.07 Å². The molecule has 1 saturated carbocycles. The molecule has 2 N–H and O–H groups in total. The minimum Gasteiger partial charge on any atom is -0.505 e. The molecular weight excluding hydrogens is 255 g/mol. The minimum absolute atomic E-state index is 0.0825. The number of carboxylic acids is 1. The summed E-state index contributed by atoms with van der Waals surface area (Å²) in [6.07, 6.45) is 1.37. The van der Waals surface area contributed by atoms with Gasteiger partial charge in [-0.3, -0.25) is 4.79 Å². The maximum Gasteiger partial charge on any atom is 0.314 e. The molecule has 1 fully saturated rings. The SMILES string of the molecule is O=C(O)C1(c2c(F)c(O)cc3c2OCCO3)CCC1. The van der Waals surface area contributed by atoms with Crippen LogP contribution in [0, 0.1) is 5.82 Å². The molecule has 0 unspecified atom stereocenters. The zero-order chi connectivity index (χ0) is 13.6. The van der Waals surface area contributed by atoms with E-state index < -0.39 is 23.0 Å². The summed E-state index contributed by atoms with van der Waals surface area (Å²) < 4.78 is 24.9. The summed E-state index contributed by atoms with van der Waals surface area (Å²) in [7, 11) is 0. The van der Waals surface area contributed by atoms with E-state index in [0.29, 0.717) is 19.3 Å². The fraction of sp³-hybridized carbons (Fsp3) is 0.462. The van der Waals surface area contributed by atoms with E-state index in [2.05, 4.69) is 0 Å². The van der Waals surface area contributed by atoms with Gasteiger partial charge < -0.3 is 19.7 Å². The summed E-state index contributed by atoms with van der Waals surface area (Å²) in [5, 5.41) is 19.0. The summed E-state index contributed by atoms with van der Waals surface area (Å²) >= 11 is 0. The first-order valence-electron chi connectivity index (χ1n) is 6.11. The minimum atomic E-state index is -1.31. The summed E-state index contributed by atoms with van der Waals surface area (Å²) in [4.78, 5) is 11.5. The Balaban J connectivity index is 2.24. The molecular formula is C13H13FO5. The van der Waals surface area contributed by atoms with Crippen molar-refractivity contribution in [2.45, 2.75) is 24.7 Å². The predicted molar refractivity (Wildman–Crippen MR) is 62.2 cm³/mol. The van der Waals surface area contributed by atoms with Gasteiger partial charge in [-0.15, -0.1) is 0 Å². The second-order valence-electron chi connectivity index (χ2n) is 4.85. The van der Waals surface area contributed by atoms with Gasteiger partial charge in [0.05, 0.1) is 11.0 Å². The highest BCUT2D eigenvalue weighted by Crippen LogP contribution is 2.53. The van der Waals surface area contributed by atoms with Crippen molar-refractivity contribution in [3.8, 4) is 17.2 Å². The monoisotopic (exact) mass is 268 g/mol. The van der Waals surface area contributed by atoms with E-state index in [1.165, 1.54) is 0 Å². The smallest absolute Gasteiger partial charge is 0.314 e. The van der Waals surface area contributed by atoms with Gasteiger partial charge >= 0.3 is 5.97 Å². The first kappa shape index (κ1) is 12.1. The third-order valence-corrected chi connectivity index (χ3v) is 3.85. The summed E-state index contributed by atoms with van der Waals surface area (Å²) in [5.74, 6) is -2.31. The van der Waals surface area contributed by atoms with Gasteiger partial charge in [0.15, 0.2) is 23.1 Å². The van der Waals surface area contributed by atoms with E-state index in [9.17, 15) is 19.4 Å². The van der Waals surface area contributed by atoms with E-state index >= 15 is 0 Å². The molecule has 1 aliphatic carbocycles. The normalized spacial score (nSPS) is 19.6. The lowest BCUT2D eigenvalue weighted by Gasteiger charge is -2.39. The van der Waals surface area contributed by atoms with Crippen molar-refractivity contribution in [3.05, 3.63) is 17.4 Å². The number of phenolic OH excluding ortho intramolecular Hbond substituents is 1. The largest absolute Gasteiger partial charge is 0.505 e. The Hall–Kier alpha value is -1.98. The maximum atomic E-state index is 14.2. The van der Waals surface area contributed by atoms with Crippen LogP contribution in [0.5, 0.6) is 17.2 Å². The van der Waals surface area contributed by atoms with E-state index in [4.69, 9.17) is 9.47 Å². The lowest BCUT2D eigenvalue weighted by molar-refractivity contribution is -0.147. The van der Waals surface area contributed by atoms with Gasteiger partial charge in [0.2, 0.25) is 0 Å². The third-order valence-electron chi connectivity index (χ3n) is 3.85. The summed E-state index contributed by atoms with van der Waals surface area (Å²) in [6.45, 7) is 0.525. The second kappa shape index (κ2) is 4.01. The Morgan fingerprint density at radius 3 is 2.58 bits per heavy atom. The summed E-state index contributed by atoms with van der Waals surface area (Å²) in [6, 6.07) is 1.13. The molecule has 1 aromatic rings. The number of hydrogen-bond donors (Lipinski definition) is 2. The number of fused-ring (bicyclic) bond motifs is 1. The van der Waals surface area contributed by atoms with Crippen LogP contribution in [-0.4, -0.2) is 29.4 Å². The average Bonchev–Trinajstić information content (AvgIpc) is 2.32. The molecule has 2 aliphatic rings. The number of ether oxygens (including phenoxy) is 2. The van der Waals surface area contributed by atoms with E-state index in [-0.39, 0.29) is 30.3 Å². The van der Waals surface area contributed by atoms with Crippen molar-refractivity contribution in [1.29, 1.82) is 0 Å². The van der Waals surface area contributed by atoms with E-state index in [1.807, 2.05) is 0 Å². The molecule has 6 heteroatoms. The van der Waals surface area contributed by atoms with Crippen molar-refractivity contribution >= 4 is 5.97 Å². The number of aliphatic carboxylic acids is 1. The highest BCUT2D eigenvalue weighted by atomic mass is 19.1. The van der Waals surface area contributed by atoms with Gasteiger partial charge in [0.1, 0.15) is 13.2 Å². The molecule has 5 nitrogen and oxygen atoms in total.